The summed E-state index contributed by atoms with van der Waals surface area (Å²) in [5, 5.41) is 10.3. The van der Waals surface area contributed by atoms with Crippen molar-refractivity contribution in [2.24, 2.45) is 0 Å². The normalized spacial score (nSPS) is 12.1. The SMILES string of the molecule is Cc1nc2scc(CC(=O)NC(C)CCc3ccccc3)n2c(=O)c1-c1cc(C)n(-c2ccc(Cl)cc2)n1. The molecule has 194 valence electrons. The molecule has 0 radical (unpaired) electrons. The van der Waals surface area contributed by atoms with Gasteiger partial charge in [0.25, 0.3) is 5.56 Å². The van der Waals surface area contributed by atoms with E-state index in [1.807, 2.05) is 62.5 Å². The van der Waals surface area contributed by atoms with Crippen LogP contribution in [-0.2, 0) is 17.6 Å². The van der Waals surface area contributed by atoms with Crippen LogP contribution < -0.4 is 10.9 Å². The zero-order chi connectivity index (χ0) is 26.8. The fraction of sp³-hybridized carbons (Fsp3) is 0.241. The van der Waals surface area contributed by atoms with Crippen molar-refractivity contribution in [1.82, 2.24) is 24.5 Å². The summed E-state index contributed by atoms with van der Waals surface area (Å²) in [7, 11) is 0. The van der Waals surface area contributed by atoms with Gasteiger partial charge >= 0.3 is 0 Å². The van der Waals surface area contributed by atoms with Gasteiger partial charge in [0.1, 0.15) is 5.69 Å². The molecule has 1 atom stereocenters. The molecular weight excluding hydrogens is 518 g/mol. The maximum atomic E-state index is 13.7. The minimum atomic E-state index is -0.227. The maximum absolute atomic E-state index is 13.7. The first-order valence-electron chi connectivity index (χ1n) is 12.5. The number of nitrogens with one attached hydrogen (secondary N) is 1. The van der Waals surface area contributed by atoms with E-state index in [0.717, 1.165) is 24.2 Å². The van der Waals surface area contributed by atoms with Crippen LogP contribution in [0.4, 0.5) is 0 Å². The number of hydrogen-bond donors (Lipinski definition) is 1. The molecule has 1 unspecified atom stereocenters. The van der Waals surface area contributed by atoms with E-state index in [9.17, 15) is 9.59 Å². The van der Waals surface area contributed by atoms with Crippen molar-refractivity contribution in [2.75, 3.05) is 0 Å². The lowest BCUT2D eigenvalue weighted by molar-refractivity contribution is -0.121. The highest BCUT2D eigenvalue weighted by atomic mass is 35.5. The largest absolute Gasteiger partial charge is 0.353 e. The molecule has 0 bridgehead atoms. The number of aryl methyl sites for hydroxylation is 3. The van der Waals surface area contributed by atoms with Crippen LogP contribution in [0.15, 0.2) is 70.8 Å². The second-order valence-electron chi connectivity index (χ2n) is 9.45. The highest BCUT2D eigenvalue weighted by molar-refractivity contribution is 7.15. The second kappa shape index (κ2) is 10.9. The molecule has 3 heterocycles. The summed E-state index contributed by atoms with van der Waals surface area (Å²) in [4.78, 5) is 31.8. The number of benzene rings is 2. The molecule has 0 saturated carbocycles. The number of halogens is 1. The fourth-order valence-electron chi connectivity index (χ4n) is 4.55. The van der Waals surface area contributed by atoms with Gasteiger partial charge in [-0.15, -0.1) is 11.3 Å². The predicted molar refractivity (Wildman–Crippen MR) is 152 cm³/mol. The highest BCUT2D eigenvalue weighted by Crippen LogP contribution is 2.24. The number of carbonyl (C=O) groups excluding carboxylic acids is 1. The van der Waals surface area contributed by atoms with Crippen molar-refractivity contribution in [1.29, 1.82) is 0 Å². The van der Waals surface area contributed by atoms with E-state index in [2.05, 4.69) is 22.4 Å². The fourth-order valence-corrected chi connectivity index (χ4v) is 5.61. The van der Waals surface area contributed by atoms with Crippen LogP contribution in [0.25, 0.3) is 21.9 Å². The van der Waals surface area contributed by atoms with Crippen LogP contribution >= 0.6 is 22.9 Å². The van der Waals surface area contributed by atoms with Gasteiger partial charge in [-0.1, -0.05) is 41.9 Å². The third-order valence-corrected chi connectivity index (χ3v) is 7.62. The molecule has 7 nitrogen and oxygen atoms in total. The Kier molecular flexibility index (Phi) is 7.44. The van der Waals surface area contributed by atoms with Gasteiger partial charge in [-0.3, -0.25) is 14.0 Å². The van der Waals surface area contributed by atoms with E-state index >= 15 is 0 Å². The highest BCUT2D eigenvalue weighted by Gasteiger charge is 2.20. The van der Waals surface area contributed by atoms with E-state index in [0.29, 0.717) is 32.6 Å². The summed E-state index contributed by atoms with van der Waals surface area (Å²) in [6, 6.07) is 19.5. The Morgan fingerprint density at radius 3 is 2.58 bits per heavy atom. The average Bonchev–Trinajstić information content (AvgIpc) is 3.47. The minimum Gasteiger partial charge on any atom is -0.353 e. The summed E-state index contributed by atoms with van der Waals surface area (Å²) < 4.78 is 3.32. The number of aromatic nitrogens is 4. The molecule has 0 aliphatic heterocycles. The minimum absolute atomic E-state index is 0.0139. The van der Waals surface area contributed by atoms with Gasteiger partial charge in [0.05, 0.1) is 23.4 Å². The second-order valence-corrected chi connectivity index (χ2v) is 10.7. The van der Waals surface area contributed by atoms with Gasteiger partial charge in [0.2, 0.25) is 5.91 Å². The first kappa shape index (κ1) is 25.9. The summed E-state index contributed by atoms with van der Waals surface area (Å²) in [5.41, 5.74) is 4.92. The molecular formula is C29H28ClN5O2S. The Balaban J connectivity index is 1.38. The smallest absolute Gasteiger partial charge is 0.268 e. The summed E-state index contributed by atoms with van der Waals surface area (Å²) >= 11 is 7.39. The van der Waals surface area contributed by atoms with Crippen molar-refractivity contribution >= 4 is 33.8 Å². The lowest BCUT2D eigenvalue weighted by atomic mass is 10.1. The van der Waals surface area contributed by atoms with Crippen LogP contribution in [0.1, 0.15) is 36.0 Å². The molecule has 3 aromatic heterocycles. The van der Waals surface area contributed by atoms with Crippen LogP contribution in [-0.4, -0.2) is 31.1 Å². The Morgan fingerprint density at radius 2 is 1.84 bits per heavy atom. The van der Waals surface area contributed by atoms with Crippen molar-refractivity contribution in [3.8, 4) is 16.9 Å². The maximum Gasteiger partial charge on any atom is 0.268 e. The zero-order valence-corrected chi connectivity index (χ0v) is 23.0. The molecule has 0 spiro atoms. The number of rotatable bonds is 8. The quantitative estimate of drug-likeness (QED) is 0.277. The molecule has 0 saturated heterocycles. The first-order valence-corrected chi connectivity index (χ1v) is 13.7. The molecule has 5 rings (SSSR count). The van der Waals surface area contributed by atoms with Gasteiger partial charge in [-0.25, -0.2) is 9.67 Å². The molecule has 0 fully saturated rings. The number of amides is 1. The van der Waals surface area contributed by atoms with E-state index < -0.39 is 0 Å². The number of fused-ring (bicyclic) bond motifs is 1. The Bertz CT molecular complexity index is 1650. The van der Waals surface area contributed by atoms with Gasteiger partial charge in [-0.2, -0.15) is 5.10 Å². The van der Waals surface area contributed by atoms with E-state index in [1.54, 1.807) is 16.8 Å². The summed E-state index contributed by atoms with van der Waals surface area (Å²) in [6.07, 6.45) is 1.82. The number of nitrogens with zero attached hydrogens (tertiary/aromatic N) is 4. The molecule has 1 amide bonds. The van der Waals surface area contributed by atoms with Gasteiger partial charge in [0.15, 0.2) is 4.96 Å². The summed E-state index contributed by atoms with van der Waals surface area (Å²) in [5.74, 6) is -0.123. The Hall–Kier alpha value is -3.75. The van der Waals surface area contributed by atoms with Gasteiger partial charge in [-0.05, 0) is 69.5 Å². The standard InChI is InChI=1S/C29H28ClN5O2S/c1-18(9-10-21-7-5-4-6-8-21)31-26(36)16-24-17-38-29-32-20(3)27(28(37)34(24)29)25-15-19(2)35(33-25)23-13-11-22(30)12-14-23/h4-8,11-15,17-18H,9-10,16H2,1-3H3,(H,31,36). The number of hydrogen-bond acceptors (Lipinski definition) is 5. The number of carbonyl (C=O) groups is 1. The first-order chi connectivity index (χ1) is 18.3. The summed E-state index contributed by atoms with van der Waals surface area (Å²) in [6.45, 7) is 5.75. The van der Waals surface area contributed by atoms with E-state index in [-0.39, 0.29) is 23.9 Å². The molecule has 1 N–H and O–H groups in total. The Morgan fingerprint density at radius 1 is 1.11 bits per heavy atom. The predicted octanol–water partition coefficient (Wildman–Crippen LogP) is 5.56. The lowest BCUT2D eigenvalue weighted by Crippen LogP contribution is -2.34. The van der Waals surface area contributed by atoms with Crippen molar-refractivity contribution in [3.63, 3.8) is 0 Å². The molecule has 5 aromatic rings. The van der Waals surface area contributed by atoms with Crippen LogP contribution in [0.3, 0.4) is 0 Å². The van der Waals surface area contributed by atoms with Gasteiger partial charge in [0, 0.05) is 27.8 Å². The van der Waals surface area contributed by atoms with E-state index in [4.69, 9.17) is 16.7 Å². The molecule has 2 aromatic carbocycles. The van der Waals surface area contributed by atoms with Crippen LogP contribution in [0.2, 0.25) is 5.02 Å². The topological polar surface area (TPSA) is 81.3 Å². The molecule has 0 aliphatic rings. The van der Waals surface area contributed by atoms with Crippen molar-refractivity contribution in [3.05, 3.63) is 104 Å². The molecule has 38 heavy (non-hydrogen) atoms. The molecule has 9 heteroatoms. The monoisotopic (exact) mass is 545 g/mol. The van der Waals surface area contributed by atoms with Crippen LogP contribution in [0, 0.1) is 13.8 Å². The van der Waals surface area contributed by atoms with E-state index in [1.165, 1.54) is 21.3 Å². The van der Waals surface area contributed by atoms with Crippen molar-refractivity contribution < 1.29 is 4.79 Å². The Labute approximate surface area is 229 Å². The third kappa shape index (κ3) is 5.42. The third-order valence-electron chi connectivity index (χ3n) is 6.49. The lowest BCUT2D eigenvalue weighted by Gasteiger charge is -2.14. The van der Waals surface area contributed by atoms with Gasteiger partial charge < -0.3 is 5.32 Å². The number of thiazole rings is 1. The molecule has 0 aliphatic carbocycles. The average molecular weight is 546 g/mol. The zero-order valence-electron chi connectivity index (χ0n) is 21.4. The van der Waals surface area contributed by atoms with Crippen LogP contribution in [0.5, 0.6) is 0 Å². The van der Waals surface area contributed by atoms with Crippen molar-refractivity contribution in [2.45, 2.75) is 46.1 Å².